The van der Waals surface area contributed by atoms with Crippen LogP contribution in [0.3, 0.4) is 0 Å². The quantitative estimate of drug-likeness (QED) is 0.372. The molecule has 1 rings (SSSR count). The molecule has 0 saturated carbocycles. The molecule has 16 heavy (non-hydrogen) atoms. The fourth-order valence-corrected chi connectivity index (χ4v) is 2.02. The Hall–Kier alpha value is -1.14. The first-order valence-corrected chi connectivity index (χ1v) is 5.62. The third kappa shape index (κ3) is 2.51. The zero-order chi connectivity index (χ0) is 12.3. The first-order chi connectivity index (χ1) is 7.51. The van der Waals surface area contributed by atoms with Crippen molar-refractivity contribution >= 4 is 39.2 Å². The molecule has 0 saturated heterocycles. The largest absolute Gasteiger partial charge is 0.465 e. The van der Waals surface area contributed by atoms with Gasteiger partial charge in [0.05, 0.1) is 23.2 Å². The van der Waals surface area contributed by atoms with Gasteiger partial charge in [0.25, 0.3) is 5.69 Å². The molecule has 0 radical (unpaired) electrons. The van der Waals surface area contributed by atoms with E-state index in [1.54, 1.807) is 0 Å². The van der Waals surface area contributed by atoms with Gasteiger partial charge in [-0.2, -0.15) is 0 Å². The Morgan fingerprint density at radius 1 is 1.62 bits per heavy atom. The number of carbonyl (C=O) groups excluding carboxylic acids is 1. The molecule has 0 heterocycles. The maximum absolute atomic E-state index is 11.4. The number of hydrogen-bond acceptors (Lipinski definition) is 4. The number of nitro benzene ring substituents is 1. The molecule has 0 aliphatic carbocycles. The molecule has 7 heteroatoms. The molecule has 0 atom stereocenters. The van der Waals surface area contributed by atoms with E-state index in [1.807, 2.05) is 0 Å². The van der Waals surface area contributed by atoms with Gasteiger partial charge in [0, 0.05) is 16.4 Å². The van der Waals surface area contributed by atoms with E-state index in [0.29, 0.717) is 0 Å². The highest BCUT2D eigenvalue weighted by Crippen LogP contribution is 2.29. The second-order valence-electron chi connectivity index (χ2n) is 2.83. The second kappa shape index (κ2) is 5.27. The molecule has 5 nitrogen and oxygen atoms in total. The number of alkyl halides is 1. The summed E-state index contributed by atoms with van der Waals surface area (Å²) in [5, 5.41) is 11.1. The Balaban J connectivity index is 3.48. The third-order valence-corrected chi connectivity index (χ3v) is 2.71. The maximum atomic E-state index is 11.4. The van der Waals surface area contributed by atoms with Crippen molar-refractivity contribution in [3.05, 3.63) is 38.4 Å². The number of ether oxygens (including phenoxy) is 1. The van der Waals surface area contributed by atoms with Gasteiger partial charge in [0.1, 0.15) is 0 Å². The predicted molar refractivity (Wildman–Crippen MR) is 62.1 cm³/mol. The standard InChI is InChI=1S/C9H7BrClNO4/c1-16-9(13)6-2-5(11)3-8(12(14)15)7(6)4-10/h2-3H,4H2,1H3. The summed E-state index contributed by atoms with van der Waals surface area (Å²) >= 11 is 8.79. The van der Waals surface area contributed by atoms with Crippen LogP contribution >= 0.6 is 27.5 Å². The van der Waals surface area contributed by atoms with Crippen molar-refractivity contribution < 1.29 is 14.5 Å². The number of rotatable bonds is 3. The van der Waals surface area contributed by atoms with Crippen molar-refractivity contribution in [1.29, 1.82) is 0 Å². The minimum Gasteiger partial charge on any atom is -0.465 e. The van der Waals surface area contributed by atoms with E-state index in [2.05, 4.69) is 20.7 Å². The van der Waals surface area contributed by atoms with Crippen LogP contribution in [0, 0.1) is 10.1 Å². The van der Waals surface area contributed by atoms with Gasteiger partial charge in [-0.1, -0.05) is 27.5 Å². The van der Waals surface area contributed by atoms with Crippen LogP contribution in [0.15, 0.2) is 12.1 Å². The van der Waals surface area contributed by atoms with Crippen LogP contribution in [0.25, 0.3) is 0 Å². The first-order valence-electron chi connectivity index (χ1n) is 4.12. The first kappa shape index (κ1) is 12.9. The average molecular weight is 309 g/mol. The third-order valence-electron chi connectivity index (χ3n) is 1.93. The molecule has 0 aliphatic rings. The SMILES string of the molecule is COC(=O)c1cc(Cl)cc([N+](=O)[O-])c1CBr. The van der Waals surface area contributed by atoms with Crippen LogP contribution in [0.5, 0.6) is 0 Å². The Kier molecular flexibility index (Phi) is 4.26. The summed E-state index contributed by atoms with van der Waals surface area (Å²) in [5.41, 5.74) is 0.143. The van der Waals surface area contributed by atoms with E-state index in [4.69, 9.17) is 11.6 Å². The summed E-state index contributed by atoms with van der Waals surface area (Å²) in [6.07, 6.45) is 0. The molecule has 0 amide bonds. The van der Waals surface area contributed by atoms with E-state index < -0.39 is 10.9 Å². The van der Waals surface area contributed by atoms with Crippen LogP contribution in [0.1, 0.15) is 15.9 Å². The van der Waals surface area contributed by atoms with Gasteiger partial charge in [-0.25, -0.2) is 4.79 Å². The molecular formula is C9H7BrClNO4. The van der Waals surface area contributed by atoms with Crippen molar-refractivity contribution in [2.45, 2.75) is 5.33 Å². The van der Waals surface area contributed by atoms with Gasteiger partial charge in [-0.15, -0.1) is 0 Å². The molecule has 1 aromatic carbocycles. The number of nitro groups is 1. The minimum atomic E-state index is -0.653. The van der Waals surface area contributed by atoms with E-state index in [-0.39, 0.29) is 27.2 Å². The molecule has 0 aromatic heterocycles. The second-order valence-corrected chi connectivity index (χ2v) is 3.83. The van der Waals surface area contributed by atoms with Crippen molar-refractivity contribution in [3.8, 4) is 0 Å². The number of benzene rings is 1. The van der Waals surface area contributed by atoms with Gasteiger partial charge in [-0.3, -0.25) is 10.1 Å². The highest BCUT2D eigenvalue weighted by atomic mass is 79.9. The van der Waals surface area contributed by atoms with Crippen LogP contribution in [0.2, 0.25) is 5.02 Å². The number of carbonyl (C=O) groups is 1. The van der Waals surface area contributed by atoms with Crippen molar-refractivity contribution in [2.75, 3.05) is 7.11 Å². The lowest BCUT2D eigenvalue weighted by molar-refractivity contribution is -0.385. The fraction of sp³-hybridized carbons (Fsp3) is 0.222. The summed E-state index contributed by atoms with van der Waals surface area (Å²) in [6, 6.07) is 2.54. The summed E-state index contributed by atoms with van der Waals surface area (Å²) in [6.45, 7) is 0. The average Bonchev–Trinajstić information content (AvgIpc) is 2.26. The van der Waals surface area contributed by atoms with Gasteiger partial charge < -0.3 is 4.74 Å². The lowest BCUT2D eigenvalue weighted by atomic mass is 10.1. The number of hydrogen-bond donors (Lipinski definition) is 0. The zero-order valence-corrected chi connectivity index (χ0v) is 10.5. The molecule has 0 N–H and O–H groups in total. The molecule has 0 spiro atoms. The van der Waals surface area contributed by atoms with E-state index in [0.717, 1.165) is 0 Å². The van der Waals surface area contributed by atoms with Crippen LogP contribution < -0.4 is 0 Å². The lowest BCUT2D eigenvalue weighted by Crippen LogP contribution is -2.07. The van der Waals surface area contributed by atoms with Crippen molar-refractivity contribution in [1.82, 2.24) is 0 Å². The van der Waals surface area contributed by atoms with Crippen molar-refractivity contribution in [3.63, 3.8) is 0 Å². The molecular weight excluding hydrogens is 301 g/mol. The summed E-state index contributed by atoms with van der Waals surface area (Å²) < 4.78 is 4.53. The summed E-state index contributed by atoms with van der Waals surface area (Å²) in [7, 11) is 1.20. The van der Waals surface area contributed by atoms with Crippen molar-refractivity contribution in [2.24, 2.45) is 0 Å². The normalized spacial score (nSPS) is 9.94. The van der Waals surface area contributed by atoms with Gasteiger partial charge in [-0.05, 0) is 6.07 Å². The van der Waals surface area contributed by atoms with E-state index in [1.165, 1.54) is 19.2 Å². The molecule has 0 aliphatic heterocycles. The number of nitrogens with zero attached hydrogens (tertiary/aromatic N) is 1. The lowest BCUT2D eigenvalue weighted by Gasteiger charge is -2.06. The smallest absolute Gasteiger partial charge is 0.338 e. The maximum Gasteiger partial charge on any atom is 0.338 e. The topological polar surface area (TPSA) is 69.4 Å². The molecule has 0 fully saturated rings. The monoisotopic (exact) mass is 307 g/mol. The zero-order valence-electron chi connectivity index (χ0n) is 8.20. The van der Waals surface area contributed by atoms with Gasteiger partial charge in [0.2, 0.25) is 0 Å². The Morgan fingerprint density at radius 3 is 2.69 bits per heavy atom. The Labute approximate surface area is 105 Å². The van der Waals surface area contributed by atoms with Crippen LogP contribution in [0.4, 0.5) is 5.69 Å². The number of halogens is 2. The molecule has 0 bridgehead atoms. The molecule has 0 unspecified atom stereocenters. The summed E-state index contributed by atoms with van der Waals surface area (Å²) in [4.78, 5) is 21.6. The molecule has 1 aromatic rings. The predicted octanol–water partition coefficient (Wildman–Crippen LogP) is 2.93. The van der Waals surface area contributed by atoms with Gasteiger partial charge >= 0.3 is 5.97 Å². The molecule has 86 valence electrons. The van der Waals surface area contributed by atoms with E-state index in [9.17, 15) is 14.9 Å². The summed E-state index contributed by atoms with van der Waals surface area (Å²) in [5.74, 6) is -0.653. The number of esters is 1. The highest BCUT2D eigenvalue weighted by Gasteiger charge is 2.22. The fourth-order valence-electron chi connectivity index (χ4n) is 1.22. The van der Waals surface area contributed by atoms with Gasteiger partial charge in [0.15, 0.2) is 0 Å². The van der Waals surface area contributed by atoms with E-state index >= 15 is 0 Å². The minimum absolute atomic E-state index is 0.0959. The Morgan fingerprint density at radius 2 is 2.25 bits per heavy atom. The van der Waals surface area contributed by atoms with Crippen LogP contribution in [-0.2, 0) is 10.1 Å². The number of methoxy groups -OCH3 is 1. The Bertz CT molecular complexity index is 449. The highest BCUT2D eigenvalue weighted by molar-refractivity contribution is 9.08. The van der Waals surface area contributed by atoms with Crippen LogP contribution in [-0.4, -0.2) is 18.0 Å².